The minimum atomic E-state index is -0.0303. The Balaban J connectivity index is 2.64. The van der Waals surface area contributed by atoms with E-state index in [1.54, 1.807) is 19.1 Å². The summed E-state index contributed by atoms with van der Waals surface area (Å²) in [6.45, 7) is 7.53. The van der Waals surface area contributed by atoms with E-state index in [4.69, 9.17) is 0 Å². The van der Waals surface area contributed by atoms with E-state index in [0.717, 1.165) is 5.56 Å². The fourth-order valence-corrected chi connectivity index (χ4v) is 1.76. The highest BCUT2D eigenvalue weighted by atomic mass is 16.1. The molecule has 1 unspecified atom stereocenters. The second kappa shape index (κ2) is 6.34. The van der Waals surface area contributed by atoms with Crippen LogP contribution >= 0.6 is 0 Å². The fraction of sp³-hybridized carbons (Fsp3) is 0.467. The Morgan fingerprint density at radius 3 is 2.11 bits per heavy atom. The monoisotopic (exact) mass is 247 g/mol. The third-order valence-electron chi connectivity index (χ3n) is 2.79. The van der Waals surface area contributed by atoms with E-state index in [1.165, 1.54) is 0 Å². The first-order valence-corrected chi connectivity index (χ1v) is 6.30. The van der Waals surface area contributed by atoms with Crippen molar-refractivity contribution in [1.82, 2.24) is 5.32 Å². The number of ketones is 1. The van der Waals surface area contributed by atoms with Gasteiger partial charge in [-0.15, -0.1) is 0 Å². The third-order valence-corrected chi connectivity index (χ3v) is 2.79. The van der Waals surface area contributed by atoms with Gasteiger partial charge in [-0.1, -0.05) is 38.1 Å². The number of hydrogen-bond donors (Lipinski definition) is 1. The van der Waals surface area contributed by atoms with Crippen LogP contribution in [0.15, 0.2) is 24.3 Å². The van der Waals surface area contributed by atoms with Crippen molar-refractivity contribution in [3.63, 3.8) is 0 Å². The zero-order valence-corrected chi connectivity index (χ0v) is 11.5. The summed E-state index contributed by atoms with van der Waals surface area (Å²) in [5, 5.41) is 2.95. The molecule has 1 N–H and O–H groups in total. The number of amides is 1. The van der Waals surface area contributed by atoms with E-state index >= 15 is 0 Å². The molecule has 3 heteroatoms. The first kappa shape index (κ1) is 14.4. The highest BCUT2D eigenvalue weighted by Crippen LogP contribution is 2.14. The normalized spacial score (nSPS) is 12.3. The maximum Gasteiger partial charge on any atom is 0.220 e. The van der Waals surface area contributed by atoms with Crippen LogP contribution in [-0.4, -0.2) is 11.7 Å². The summed E-state index contributed by atoms with van der Waals surface area (Å²) in [6, 6.07) is 7.33. The maximum absolute atomic E-state index is 11.6. The Bertz CT molecular complexity index is 421. The summed E-state index contributed by atoms with van der Waals surface area (Å²) in [5.41, 5.74) is 1.71. The van der Waals surface area contributed by atoms with Crippen molar-refractivity contribution < 1.29 is 9.59 Å². The number of benzene rings is 1. The number of carbonyl (C=O) groups excluding carboxylic acids is 2. The molecule has 1 rings (SSSR count). The zero-order chi connectivity index (χ0) is 13.7. The van der Waals surface area contributed by atoms with E-state index in [0.29, 0.717) is 17.9 Å². The van der Waals surface area contributed by atoms with Gasteiger partial charge in [0.15, 0.2) is 5.78 Å². The summed E-state index contributed by atoms with van der Waals surface area (Å²) < 4.78 is 0. The molecule has 0 radical (unpaired) electrons. The van der Waals surface area contributed by atoms with E-state index < -0.39 is 0 Å². The van der Waals surface area contributed by atoms with Gasteiger partial charge in [-0.05, 0) is 25.3 Å². The largest absolute Gasteiger partial charge is 0.350 e. The van der Waals surface area contributed by atoms with Crippen molar-refractivity contribution in [2.24, 2.45) is 5.92 Å². The van der Waals surface area contributed by atoms with Crippen molar-refractivity contribution >= 4 is 11.7 Å². The van der Waals surface area contributed by atoms with Gasteiger partial charge in [-0.3, -0.25) is 9.59 Å². The molecule has 0 spiro atoms. The molecule has 0 heterocycles. The molecule has 0 fully saturated rings. The quantitative estimate of drug-likeness (QED) is 0.813. The average molecular weight is 247 g/mol. The minimum Gasteiger partial charge on any atom is -0.350 e. The van der Waals surface area contributed by atoms with Gasteiger partial charge in [0.05, 0.1) is 6.04 Å². The molecule has 1 aromatic carbocycles. The molecule has 0 aromatic heterocycles. The van der Waals surface area contributed by atoms with Crippen LogP contribution in [0.2, 0.25) is 0 Å². The van der Waals surface area contributed by atoms with Crippen molar-refractivity contribution in [2.45, 2.75) is 40.2 Å². The minimum absolute atomic E-state index is 0.0303. The number of carbonyl (C=O) groups is 2. The molecular formula is C15H21NO2. The zero-order valence-electron chi connectivity index (χ0n) is 11.5. The van der Waals surface area contributed by atoms with Crippen molar-refractivity contribution in [1.29, 1.82) is 0 Å². The molecule has 98 valence electrons. The SMILES string of the molecule is CC(=O)c1ccc(C(C)NC(=O)CC(C)C)cc1. The lowest BCUT2D eigenvalue weighted by Gasteiger charge is -2.15. The molecule has 1 atom stereocenters. The first-order valence-electron chi connectivity index (χ1n) is 6.30. The Labute approximate surface area is 109 Å². The standard InChI is InChI=1S/C15H21NO2/c1-10(2)9-15(18)16-11(3)13-5-7-14(8-6-13)12(4)17/h5-8,10-11H,9H2,1-4H3,(H,16,18). The van der Waals surface area contributed by atoms with Crippen LogP contribution < -0.4 is 5.32 Å². The van der Waals surface area contributed by atoms with Crippen molar-refractivity contribution in [2.75, 3.05) is 0 Å². The van der Waals surface area contributed by atoms with Gasteiger partial charge in [0.1, 0.15) is 0 Å². The van der Waals surface area contributed by atoms with Crippen LogP contribution in [0.25, 0.3) is 0 Å². The predicted octanol–water partition coefficient (Wildman–Crippen LogP) is 3.11. The molecular weight excluding hydrogens is 226 g/mol. The topological polar surface area (TPSA) is 46.2 Å². The molecule has 0 aliphatic rings. The summed E-state index contributed by atoms with van der Waals surface area (Å²) in [5.74, 6) is 0.475. The first-order chi connectivity index (χ1) is 8.40. The lowest BCUT2D eigenvalue weighted by Crippen LogP contribution is -2.27. The Morgan fingerprint density at radius 2 is 1.67 bits per heavy atom. The number of hydrogen-bond acceptors (Lipinski definition) is 2. The Kier molecular flexibility index (Phi) is 5.08. The molecule has 0 saturated carbocycles. The van der Waals surface area contributed by atoms with Gasteiger partial charge < -0.3 is 5.32 Å². The van der Waals surface area contributed by atoms with Crippen LogP contribution in [0.5, 0.6) is 0 Å². The molecule has 0 saturated heterocycles. The van der Waals surface area contributed by atoms with Gasteiger partial charge >= 0.3 is 0 Å². The van der Waals surface area contributed by atoms with Gasteiger partial charge in [-0.2, -0.15) is 0 Å². The van der Waals surface area contributed by atoms with Gasteiger partial charge in [0.2, 0.25) is 5.91 Å². The van der Waals surface area contributed by atoms with Crippen LogP contribution in [0.3, 0.4) is 0 Å². The van der Waals surface area contributed by atoms with E-state index in [-0.39, 0.29) is 17.7 Å². The summed E-state index contributed by atoms with van der Waals surface area (Å²) in [6.07, 6.45) is 0.538. The van der Waals surface area contributed by atoms with Crippen LogP contribution in [0, 0.1) is 5.92 Å². The van der Waals surface area contributed by atoms with Gasteiger partial charge in [0, 0.05) is 12.0 Å². The van der Waals surface area contributed by atoms with Crippen LogP contribution in [0.1, 0.15) is 56.1 Å². The highest BCUT2D eigenvalue weighted by Gasteiger charge is 2.11. The number of Topliss-reactive ketones (excluding diaryl/α,β-unsaturated/α-hetero) is 1. The highest BCUT2D eigenvalue weighted by molar-refractivity contribution is 5.94. The summed E-state index contributed by atoms with van der Waals surface area (Å²) in [4.78, 5) is 22.8. The summed E-state index contributed by atoms with van der Waals surface area (Å²) in [7, 11) is 0. The Hall–Kier alpha value is -1.64. The fourth-order valence-electron chi connectivity index (χ4n) is 1.76. The van der Waals surface area contributed by atoms with E-state index in [1.807, 2.05) is 32.9 Å². The lowest BCUT2D eigenvalue weighted by atomic mass is 10.0. The molecule has 0 aliphatic heterocycles. The van der Waals surface area contributed by atoms with Crippen LogP contribution in [0.4, 0.5) is 0 Å². The van der Waals surface area contributed by atoms with Crippen molar-refractivity contribution in [3.8, 4) is 0 Å². The second-order valence-corrected chi connectivity index (χ2v) is 5.07. The molecule has 0 bridgehead atoms. The number of nitrogens with one attached hydrogen (secondary N) is 1. The molecule has 18 heavy (non-hydrogen) atoms. The number of rotatable bonds is 5. The smallest absolute Gasteiger partial charge is 0.220 e. The average Bonchev–Trinajstić information content (AvgIpc) is 2.27. The predicted molar refractivity (Wildman–Crippen MR) is 72.5 cm³/mol. The lowest BCUT2D eigenvalue weighted by molar-refractivity contribution is -0.122. The summed E-state index contributed by atoms with van der Waals surface area (Å²) >= 11 is 0. The van der Waals surface area contributed by atoms with E-state index in [2.05, 4.69) is 5.32 Å². The molecule has 0 aliphatic carbocycles. The maximum atomic E-state index is 11.6. The molecule has 3 nitrogen and oxygen atoms in total. The van der Waals surface area contributed by atoms with Crippen LogP contribution in [-0.2, 0) is 4.79 Å². The third kappa shape index (κ3) is 4.32. The molecule has 1 amide bonds. The van der Waals surface area contributed by atoms with Gasteiger partial charge in [0.25, 0.3) is 0 Å². The van der Waals surface area contributed by atoms with E-state index in [9.17, 15) is 9.59 Å². The molecule has 1 aromatic rings. The Morgan fingerprint density at radius 1 is 1.11 bits per heavy atom. The van der Waals surface area contributed by atoms with Crippen molar-refractivity contribution in [3.05, 3.63) is 35.4 Å². The second-order valence-electron chi connectivity index (χ2n) is 5.07. The van der Waals surface area contributed by atoms with Gasteiger partial charge in [-0.25, -0.2) is 0 Å².